The maximum absolute atomic E-state index is 2.38. The molecule has 0 aliphatic carbocycles. The van der Waals surface area contributed by atoms with Gasteiger partial charge in [-0.3, -0.25) is 0 Å². The highest BCUT2D eigenvalue weighted by Crippen LogP contribution is 2.49. The van der Waals surface area contributed by atoms with Crippen molar-refractivity contribution in [3.8, 4) is 0 Å². The summed E-state index contributed by atoms with van der Waals surface area (Å²) in [7, 11) is -0.638. The topological polar surface area (TPSA) is 0 Å². The van der Waals surface area contributed by atoms with E-state index < -0.39 is 7.26 Å². The van der Waals surface area contributed by atoms with Crippen molar-refractivity contribution in [3.05, 3.63) is 35.9 Å². The summed E-state index contributed by atoms with van der Waals surface area (Å²) < 4.78 is 0. The summed E-state index contributed by atoms with van der Waals surface area (Å²) in [4.78, 5) is 0. The minimum absolute atomic E-state index is 0.638. The van der Waals surface area contributed by atoms with Crippen LogP contribution in [0.3, 0.4) is 0 Å². The van der Waals surface area contributed by atoms with Gasteiger partial charge in [-0.15, -0.1) is 0 Å². The normalized spacial score (nSPS) is 10.2. The lowest BCUT2D eigenvalue weighted by Crippen LogP contribution is -1.90. The van der Waals surface area contributed by atoms with Gasteiger partial charge in [-0.05, 0) is 5.56 Å². The molecule has 0 saturated carbocycles. The lowest BCUT2D eigenvalue weighted by atomic mass is 10.2. The zero-order valence-corrected chi connectivity index (χ0v) is 10.4. The summed E-state index contributed by atoms with van der Waals surface area (Å²) in [5.74, 6) is 0. The first-order valence-corrected chi connectivity index (χ1v) is 8.24. The second-order valence-corrected chi connectivity index (χ2v) is 8.83. The molecule has 0 fully saturated rings. The number of benzene rings is 1. The molecule has 0 aliphatic rings. The molecular weight excluding hydrogens is 175 g/mol. The van der Waals surface area contributed by atoms with Gasteiger partial charge in [0.1, 0.15) is 0 Å². The number of hydrogen-bond acceptors (Lipinski definition) is 0. The summed E-state index contributed by atoms with van der Waals surface area (Å²) in [6.45, 7) is 11.1. The molecule has 0 N–H and O–H groups in total. The van der Waals surface area contributed by atoms with Crippen LogP contribution in [0, 0.1) is 0 Å². The molecule has 1 aromatic rings. The summed E-state index contributed by atoms with van der Waals surface area (Å²) in [6, 6.07) is 10.7. The van der Waals surface area contributed by atoms with Crippen molar-refractivity contribution in [3.63, 3.8) is 0 Å². The van der Waals surface area contributed by atoms with E-state index >= 15 is 0 Å². The Bertz CT molecular complexity index is 208. The molecule has 0 spiro atoms. The van der Waals surface area contributed by atoms with Crippen LogP contribution < -0.4 is 0 Å². The second kappa shape index (κ2) is 6.16. The van der Waals surface area contributed by atoms with Crippen molar-refractivity contribution in [1.82, 2.24) is 0 Å². The standard InChI is InChI=1S/C10H16P.C2H6/c1-11(2,3)9-10-7-5-4-6-8-10;1-2/h4-8H,9H2,1-3H3;1-2H3/q+1;. The van der Waals surface area contributed by atoms with Crippen LogP contribution in [-0.4, -0.2) is 20.0 Å². The van der Waals surface area contributed by atoms with Crippen LogP contribution in [0.25, 0.3) is 0 Å². The van der Waals surface area contributed by atoms with Gasteiger partial charge in [0, 0.05) is 27.3 Å². The van der Waals surface area contributed by atoms with Gasteiger partial charge in [0.2, 0.25) is 0 Å². The Kier molecular flexibility index (Phi) is 5.99. The Labute approximate surface area is 83.7 Å². The minimum Gasteiger partial charge on any atom is -0.0683 e. The Morgan fingerprint density at radius 1 is 0.923 bits per heavy atom. The Hall–Kier alpha value is -0.350. The average Bonchev–Trinajstić information content (AvgIpc) is 2.07. The maximum Gasteiger partial charge on any atom is 0.0834 e. The third-order valence-corrected chi connectivity index (χ3v) is 2.81. The van der Waals surface area contributed by atoms with Crippen LogP contribution in [-0.2, 0) is 6.16 Å². The summed E-state index contributed by atoms with van der Waals surface area (Å²) >= 11 is 0. The van der Waals surface area contributed by atoms with Crippen molar-refractivity contribution < 1.29 is 0 Å². The molecule has 74 valence electrons. The average molecular weight is 197 g/mol. The first-order chi connectivity index (χ1) is 6.08. The zero-order valence-electron chi connectivity index (χ0n) is 9.54. The fraction of sp³-hybridized carbons (Fsp3) is 0.500. The highest BCUT2D eigenvalue weighted by molar-refractivity contribution is 7.72. The van der Waals surface area contributed by atoms with Crippen molar-refractivity contribution in [2.75, 3.05) is 20.0 Å². The quantitative estimate of drug-likeness (QED) is 0.626. The molecule has 0 amide bonds. The van der Waals surface area contributed by atoms with E-state index in [1.807, 2.05) is 13.8 Å². The molecule has 0 radical (unpaired) electrons. The molecule has 0 aliphatic heterocycles. The van der Waals surface area contributed by atoms with Crippen molar-refractivity contribution in [2.24, 2.45) is 0 Å². The third kappa shape index (κ3) is 6.78. The molecule has 1 rings (SSSR count). The Balaban J connectivity index is 0.000000671. The van der Waals surface area contributed by atoms with E-state index in [4.69, 9.17) is 0 Å². The van der Waals surface area contributed by atoms with E-state index in [9.17, 15) is 0 Å². The highest BCUT2D eigenvalue weighted by atomic mass is 31.2. The first-order valence-electron chi connectivity index (χ1n) is 4.92. The largest absolute Gasteiger partial charge is 0.0834 e. The van der Waals surface area contributed by atoms with Gasteiger partial charge in [0.15, 0.2) is 0 Å². The maximum atomic E-state index is 2.38. The van der Waals surface area contributed by atoms with Gasteiger partial charge in [0.25, 0.3) is 0 Å². The SMILES string of the molecule is CC.C[P+](C)(C)Cc1ccccc1. The Morgan fingerprint density at radius 3 is 1.77 bits per heavy atom. The van der Waals surface area contributed by atoms with E-state index in [0.717, 1.165) is 0 Å². The molecule has 0 nitrogen and oxygen atoms in total. The molecule has 1 heteroatoms. The van der Waals surface area contributed by atoms with Crippen molar-refractivity contribution in [2.45, 2.75) is 20.0 Å². The van der Waals surface area contributed by atoms with Gasteiger partial charge in [-0.25, -0.2) is 0 Å². The molecule has 0 saturated heterocycles. The monoisotopic (exact) mass is 197 g/mol. The molecule has 0 atom stereocenters. The highest BCUT2D eigenvalue weighted by Gasteiger charge is 2.16. The minimum atomic E-state index is -0.638. The van der Waals surface area contributed by atoms with Crippen LogP contribution in [0.5, 0.6) is 0 Å². The summed E-state index contributed by atoms with van der Waals surface area (Å²) in [5.41, 5.74) is 1.48. The van der Waals surface area contributed by atoms with Gasteiger partial charge < -0.3 is 0 Å². The van der Waals surface area contributed by atoms with Gasteiger partial charge in [0.05, 0.1) is 6.16 Å². The third-order valence-electron chi connectivity index (χ3n) is 1.50. The van der Waals surface area contributed by atoms with Gasteiger partial charge in [-0.2, -0.15) is 0 Å². The van der Waals surface area contributed by atoms with Crippen LogP contribution in [0.2, 0.25) is 0 Å². The predicted octanol–water partition coefficient (Wildman–Crippen LogP) is 4.12. The number of rotatable bonds is 2. The molecule has 0 unspecified atom stereocenters. The van der Waals surface area contributed by atoms with E-state index in [1.165, 1.54) is 11.7 Å². The van der Waals surface area contributed by atoms with E-state index in [0.29, 0.717) is 0 Å². The van der Waals surface area contributed by atoms with Gasteiger partial charge >= 0.3 is 0 Å². The van der Waals surface area contributed by atoms with Gasteiger partial charge in [-0.1, -0.05) is 44.2 Å². The predicted molar refractivity (Wildman–Crippen MR) is 66.2 cm³/mol. The van der Waals surface area contributed by atoms with E-state index in [-0.39, 0.29) is 0 Å². The summed E-state index contributed by atoms with van der Waals surface area (Å²) in [5, 5.41) is 0. The van der Waals surface area contributed by atoms with Crippen LogP contribution in [0.4, 0.5) is 0 Å². The first kappa shape index (κ1) is 12.7. The smallest absolute Gasteiger partial charge is 0.0683 e. The van der Waals surface area contributed by atoms with Crippen LogP contribution >= 0.6 is 7.26 Å². The van der Waals surface area contributed by atoms with Crippen LogP contribution in [0.1, 0.15) is 19.4 Å². The van der Waals surface area contributed by atoms with Crippen LogP contribution in [0.15, 0.2) is 30.3 Å². The molecule has 0 aromatic heterocycles. The molecule has 0 bridgehead atoms. The fourth-order valence-electron chi connectivity index (χ4n) is 1.13. The zero-order chi connectivity index (χ0) is 10.3. The fourth-order valence-corrected chi connectivity index (χ4v) is 2.44. The van der Waals surface area contributed by atoms with E-state index in [1.54, 1.807) is 0 Å². The molecule has 1 aromatic carbocycles. The van der Waals surface area contributed by atoms with Crippen molar-refractivity contribution in [1.29, 1.82) is 0 Å². The Morgan fingerprint density at radius 2 is 1.38 bits per heavy atom. The molecule has 0 heterocycles. The summed E-state index contributed by atoms with van der Waals surface area (Å²) in [6.07, 6.45) is 1.27. The van der Waals surface area contributed by atoms with Crippen molar-refractivity contribution >= 4 is 7.26 Å². The molecule has 13 heavy (non-hydrogen) atoms. The number of hydrogen-bond donors (Lipinski definition) is 0. The lowest BCUT2D eigenvalue weighted by molar-refractivity contribution is 1.38. The van der Waals surface area contributed by atoms with E-state index in [2.05, 4.69) is 50.3 Å². The lowest BCUT2D eigenvalue weighted by Gasteiger charge is -2.10. The molecular formula is C12H22P+. The second-order valence-electron chi connectivity index (χ2n) is 3.93.